The molecule has 1 rings (SSSR count). The number of nitrogens with zero attached hydrogens (tertiary/aromatic N) is 1. The van der Waals surface area contributed by atoms with E-state index in [-0.39, 0.29) is 29.2 Å². The van der Waals surface area contributed by atoms with Gasteiger partial charge in [-0.15, -0.1) is 0 Å². The van der Waals surface area contributed by atoms with Crippen LogP contribution in [-0.2, 0) is 28.3 Å². The molecule has 3 atom stereocenters. The van der Waals surface area contributed by atoms with Crippen molar-refractivity contribution in [3.8, 4) is 0 Å². The van der Waals surface area contributed by atoms with Gasteiger partial charge in [0.15, 0.2) is 22.0 Å². The van der Waals surface area contributed by atoms with Crippen molar-refractivity contribution in [1.29, 1.82) is 0 Å². The quantitative estimate of drug-likeness (QED) is 0.110. The van der Waals surface area contributed by atoms with E-state index in [0.29, 0.717) is 0 Å². The zero-order valence-corrected chi connectivity index (χ0v) is 26.6. The minimum Gasteiger partial charge on any atom is -0.461 e. The maximum Gasteiger partial charge on any atom is 0.325 e. The summed E-state index contributed by atoms with van der Waals surface area (Å²) in [5.74, 6) is -2.24. The molecule has 9 heteroatoms. The van der Waals surface area contributed by atoms with Gasteiger partial charge in [0.2, 0.25) is 5.91 Å². The van der Waals surface area contributed by atoms with E-state index in [4.69, 9.17) is 13.9 Å². The highest BCUT2D eigenvalue weighted by Gasteiger charge is 2.69. The van der Waals surface area contributed by atoms with Crippen LogP contribution in [-0.4, -0.2) is 64.3 Å². The Balaban J connectivity index is 3.74. The second-order valence-corrected chi connectivity index (χ2v) is 22.9. The molecular weight excluding hydrogens is 490 g/mol. The lowest BCUT2D eigenvalue weighted by molar-refractivity contribution is -0.188. The van der Waals surface area contributed by atoms with Crippen LogP contribution in [0.4, 0.5) is 0 Å². The Morgan fingerprint density at radius 3 is 1.67 bits per heavy atom. The minimum absolute atomic E-state index is 0.0510. The Labute approximate surface area is 220 Å². The minimum atomic E-state index is -2.51. The molecule has 0 saturated carbocycles. The Kier molecular flexibility index (Phi) is 9.83. The highest BCUT2D eigenvalue weighted by molar-refractivity contribution is 6.80. The third kappa shape index (κ3) is 5.88. The third-order valence-corrected chi connectivity index (χ3v) is 18.4. The number of hydrogen-bond donors (Lipinski definition) is 0. The van der Waals surface area contributed by atoms with Crippen LogP contribution in [0.2, 0.25) is 36.3 Å². The first-order chi connectivity index (χ1) is 16.1. The summed E-state index contributed by atoms with van der Waals surface area (Å²) < 4.78 is 19.3. The summed E-state index contributed by atoms with van der Waals surface area (Å²) in [6.45, 7) is 31.7. The fourth-order valence-corrected chi connectivity index (χ4v) is 8.15. The zero-order valence-electron chi connectivity index (χ0n) is 24.6. The average molecular weight is 540 g/mol. The Morgan fingerprint density at radius 1 is 0.917 bits per heavy atom. The van der Waals surface area contributed by atoms with Gasteiger partial charge in [-0.1, -0.05) is 79.9 Å². The number of hydrogen-bond acceptors (Lipinski definition) is 6. The topological polar surface area (TPSA) is 82.1 Å². The fraction of sp³-hybridized carbons (Fsp3) is 0.741. The number of ether oxygens (including phenoxy) is 2. The standard InChI is InChI=1S/C27H49NO6Si2/c1-15-17-32-23(30)27(10,24(31)33-18-16-2)21-20(19(3)34-36(13,14)26(7,8)9)22(29)28(21)35(11,12)25(4,5)6/h15-16,19-21H,1-2,17-18H2,3-14H3/t19-,20-,21+/m1/s1. The lowest BCUT2D eigenvalue weighted by Crippen LogP contribution is -2.80. The molecule has 1 aliphatic rings. The van der Waals surface area contributed by atoms with E-state index in [2.05, 4.69) is 80.9 Å². The van der Waals surface area contributed by atoms with Crippen LogP contribution in [0.5, 0.6) is 0 Å². The largest absolute Gasteiger partial charge is 0.461 e. The van der Waals surface area contributed by atoms with Crippen molar-refractivity contribution >= 4 is 34.4 Å². The molecule has 1 aliphatic heterocycles. The second kappa shape index (κ2) is 11.0. The summed E-state index contributed by atoms with van der Waals surface area (Å²) in [5.41, 5.74) is -1.74. The molecule has 1 heterocycles. The first kappa shape index (κ1) is 32.3. The normalized spacial score (nSPS) is 20.3. The molecule has 0 unspecified atom stereocenters. The van der Waals surface area contributed by atoms with E-state index in [1.165, 1.54) is 19.1 Å². The van der Waals surface area contributed by atoms with Gasteiger partial charge < -0.3 is 18.5 Å². The summed E-state index contributed by atoms with van der Waals surface area (Å²) in [6.07, 6.45) is 2.40. The fourth-order valence-electron chi connectivity index (χ4n) is 4.18. The SMILES string of the molecule is C=CCOC(=O)C(C)(C(=O)OCC=C)[C@@H]1[C@@H]([C@@H](C)O[Si](C)(C)C(C)(C)C)C(=O)N1[Si](C)(C)C(C)(C)C. The van der Waals surface area contributed by atoms with E-state index >= 15 is 0 Å². The number of amides is 1. The van der Waals surface area contributed by atoms with E-state index in [1.54, 1.807) is 0 Å². The van der Waals surface area contributed by atoms with E-state index < -0.39 is 52.0 Å². The van der Waals surface area contributed by atoms with Crippen LogP contribution >= 0.6 is 0 Å². The molecule has 206 valence electrons. The van der Waals surface area contributed by atoms with Crippen molar-refractivity contribution in [2.75, 3.05) is 13.2 Å². The maximum atomic E-state index is 13.9. The van der Waals surface area contributed by atoms with Crippen LogP contribution in [0.1, 0.15) is 55.4 Å². The molecule has 36 heavy (non-hydrogen) atoms. The highest BCUT2D eigenvalue weighted by atomic mass is 28.4. The van der Waals surface area contributed by atoms with Gasteiger partial charge >= 0.3 is 11.9 Å². The predicted octanol–water partition coefficient (Wildman–Crippen LogP) is 5.69. The smallest absolute Gasteiger partial charge is 0.325 e. The molecule has 0 aromatic carbocycles. The van der Waals surface area contributed by atoms with Gasteiger partial charge in [-0.05, 0) is 37.0 Å². The van der Waals surface area contributed by atoms with Crippen molar-refractivity contribution in [1.82, 2.24) is 4.57 Å². The average Bonchev–Trinajstić information content (AvgIpc) is 2.70. The van der Waals surface area contributed by atoms with Gasteiger partial charge in [0.05, 0.1) is 18.1 Å². The molecule has 0 bridgehead atoms. The molecule has 0 aromatic rings. The van der Waals surface area contributed by atoms with Gasteiger partial charge in [0.25, 0.3) is 0 Å². The summed E-state index contributed by atoms with van der Waals surface area (Å²) in [6, 6.07) is -0.764. The second-order valence-electron chi connectivity index (χ2n) is 13.0. The summed E-state index contributed by atoms with van der Waals surface area (Å²) in [7, 11) is -4.76. The van der Waals surface area contributed by atoms with E-state index in [0.717, 1.165) is 0 Å². The maximum absolute atomic E-state index is 13.9. The molecule has 0 aromatic heterocycles. The van der Waals surface area contributed by atoms with Crippen molar-refractivity contribution in [2.24, 2.45) is 11.3 Å². The summed E-state index contributed by atoms with van der Waals surface area (Å²) in [4.78, 5) is 41.0. The molecule has 0 spiro atoms. The monoisotopic (exact) mass is 539 g/mol. The van der Waals surface area contributed by atoms with Crippen molar-refractivity contribution in [3.05, 3.63) is 25.3 Å². The lowest BCUT2D eigenvalue weighted by atomic mass is 9.69. The Hall–Kier alpha value is -1.72. The number of esters is 2. The summed E-state index contributed by atoms with van der Waals surface area (Å²) in [5, 5.41) is -0.288. The van der Waals surface area contributed by atoms with Crippen LogP contribution in [0, 0.1) is 11.3 Å². The molecule has 7 nitrogen and oxygen atoms in total. The highest BCUT2D eigenvalue weighted by Crippen LogP contribution is 2.52. The van der Waals surface area contributed by atoms with Gasteiger partial charge in [-0.25, -0.2) is 0 Å². The van der Waals surface area contributed by atoms with Gasteiger partial charge in [-0.2, -0.15) is 0 Å². The first-order valence-electron chi connectivity index (χ1n) is 12.7. The van der Waals surface area contributed by atoms with Crippen LogP contribution in [0.15, 0.2) is 25.3 Å². The molecule has 1 fully saturated rings. The van der Waals surface area contributed by atoms with E-state index in [1.807, 2.05) is 11.5 Å². The number of carbonyl (C=O) groups excluding carboxylic acids is 3. The van der Waals surface area contributed by atoms with Gasteiger partial charge in [0, 0.05) is 0 Å². The Bertz CT molecular complexity index is 844. The Morgan fingerprint density at radius 2 is 1.33 bits per heavy atom. The van der Waals surface area contributed by atoms with Crippen LogP contribution in [0.25, 0.3) is 0 Å². The van der Waals surface area contributed by atoms with Gasteiger partial charge in [0.1, 0.15) is 13.2 Å². The molecule has 1 saturated heterocycles. The van der Waals surface area contributed by atoms with E-state index in [9.17, 15) is 14.4 Å². The number of carbonyl (C=O) groups is 3. The first-order valence-corrected chi connectivity index (χ1v) is 18.6. The number of rotatable bonds is 11. The van der Waals surface area contributed by atoms with Crippen LogP contribution < -0.4 is 0 Å². The predicted molar refractivity (Wildman–Crippen MR) is 149 cm³/mol. The molecular formula is C27H49NO6Si2. The third-order valence-electron chi connectivity index (χ3n) is 8.48. The van der Waals surface area contributed by atoms with Crippen LogP contribution in [0.3, 0.4) is 0 Å². The molecule has 0 N–H and O–H groups in total. The van der Waals surface area contributed by atoms with Gasteiger partial charge in [-0.3, -0.25) is 14.4 Å². The zero-order chi connectivity index (χ0) is 28.5. The van der Waals surface area contributed by atoms with Crippen molar-refractivity contribution in [3.63, 3.8) is 0 Å². The molecule has 0 aliphatic carbocycles. The molecule has 1 amide bonds. The van der Waals surface area contributed by atoms with Crippen molar-refractivity contribution in [2.45, 2.75) is 104 Å². The van der Waals surface area contributed by atoms with Crippen molar-refractivity contribution < 1.29 is 28.3 Å². The summed E-state index contributed by atoms with van der Waals surface area (Å²) >= 11 is 0. The molecule has 0 radical (unpaired) electrons. The lowest BCUT2D eigenvalue weighted by Gasteiger charge is -2.62. The number of β-lactam (4-membered cyclic amide) rings is 1.